The van der Waals surface area contributed by atoms with Gasteiger partial charge in [-0.15, -0.1) is 0 Å². The van der Waals surface area contributed by atoms with Gasteiger partial charge in [0.2, 0.25) is 0 Å². The number of allylic oxidation sites excluding steroid dienone is 4. The highest BCUT2D eigenvalue weighted by atomic mass is 13.4. The van der Waals surface area contributed by atoms with Crippen molar-refractivity contribution < 1.29 is 0 Å². The first-order chi connectivity index (χ1) is 3.83. The average Bonchev–Trinajstić information content (AvgIpc) is 1.88. The van der Waals surface area contributed by atoms with Crippen LogP contribution in [0, 0.1) is 0 Å². The van der Waals surface area contributed by atoms with E-state index in [0.29, 0.717) is 0 Å². The molecule has 62 valence electrons. The van der Waals surface area contributed by atoms with E-state index in [-0.39, 0.29) is 14.9 Å². The van der Waals surface area contributed by atoms with Gasteiger partial charge in [0.1, 0.15) is 0 Å². The maximum absolute atomic E-state index is 3.36. The zero-order valence-corrected chi connectivity index (χ0v) is 5.72. The summed E-state index contributed by atoms with van der Waals surface area (Å²) in [6.45, 7) is 10.7. The van der Waals surface area contributed by atoms with Crippen LogP contribution in [0.3, 0.4) is 0 Å². The molecule has 0 unspecified atom stereocenters. The van der Waals surface area contributed by atoms with Crippen molar-refractivity contribution in [3.8, 4) is 0 Å². The van der Waals surface area contributed by atoms with Gasteiger partial charge in [0, 0.05) is 0 Å². The van der Waals surface area contributed by atoms with Crippen molar-refractivity contribution in [1.82, 2.24) is 0 Å². The first kappa shape index (κ1) is 22.9. The maximum atomic E-state index is 3.36. The molecule has 0 aromatic carbocycles. The Balaban J connectivity index is -0.0000000300. The van der Waals surface area contributed by atoms with Crippen molar-refractivity contribution in [2.75, 3.05) is 0 Å². The number of hydrogen-bond acceptors (Lipinski definition) is 0. The molecule has 0 aliphatic rings. The monoisotopic (exact) mass is 142 g/mol. The van der Waals surface area contributed by atoms with Crippen LogP contribution in [-0.2, 0) is 0 Å². The van der Waals surface area contributed by atoms with Gasteiger partial charge in [-0.2, -0.15) is 0 Å². The lowest BCUT2D eigenvalue weighted by Gasteiger charge is -1.49. The molecule has 0 aliphatic heterocycles. The van der Waals surface area contributed by atoms with Gasteiger partial charge in [-0.25, -0.2) is 0 Å². The fourth-order valence-electron chi connectivity index (χ4n) is 0. The van der Waals surface area contributed by atoms with E-state index in [2.05, 4.69) is 13.2 Å². The Labute approximate surface area is 67.0 Å². The fraction of sp³-hybridized carbons (Fsp3) is 0.400. The Kier molecular flexibility index (Phi) is 94.5. The van der Waals surface area contributed by atoms with Crippen molar-refractivity contribution in [2.24, 2.45) is 0 Å². The van der Waals surface area contributed by atoms with Crippen molar-refractivity contribution in [3.63, 3.8) is 0 Å². The number of hydrogen-bond donors (Lipinski definition) is 0. The second-order valence-electron chi connectivity index (χ2n) is 1.14. The minimum atomic E-state index is 0. The van der Waals surface area contributed by atoms with Gasteiger partial charge in [-0.05, 0) is 13.8 Å². The normalized spacial score (nSPS) is 5.80. The van der Waals surface area contributed by atoms with Crippen LogP contribution in [-0.4, -0.2) is 0 Å². The van der Waals surface area contributed by atoms with Crippen LogP contribution in [0.25, 0.3) is 0 Å². The predicted octanol–water partition coefficient (Wildman–Crippen LogP) is 4.21. The third-order valence-electron chi connectivity index (χ3n) is 0.500. The van der Waals surface area contributed by atoms with E-state index in [1.165, 1.54) is 0 Å². The summed E-state index contributed by atoms with van der Waals surface area (Å²) in [7, 11) is 0. The molecule has 0 bridgehead atoms. The molecule has 0 saturated carbocycles. The highest BCUT2D eigenvalue weighted by Gasteiger charge is 1.34. The van der Waals surface area contributed by atoms with Gasteiger partial charge in [-0.3, -0.25) is 0 Å². The second kappa shape index (κ2) is 41.3. The molecule has 0 aromatic heterocycles. The standard InChI is InChI=1S/C4H8.C4H6.2CH4/c2*1-3-4-2;;/h3-4H,1-2H3;3-4H,1-2H2;2*1H4. The summed E-state index contributed by atoms with van der Waals surface area (Å²) in [5.41, 5.74) is 0. The summed E-state index contributed by atoms with van der Waals surface area (Å²) in [5.74, 6) is 0. The van der Waals surface area contributed by atoms with Crippen LogP contribution in [0.1, 0.15) is 28.7 Å². The van der Waals surface area contributed by atoms with Crippen LogP contribution in [0.4, 0.5) is 0 Å². The molecule has 0 amide bonds. The third kappa shape index (κ3) is 188. The SMILES string of the molecule is C.C.C=CC=C.CC=CC. The van der Waals surface area contributed by atoms with E-state index in [4.69, 9.17) is 0 Å². The molecule has 0 fully saturated rings. The lowest BCUT2D eigenvalue weighted by molar-refractivity contribution is 1.64. The Morgan fingerprint density at radius 3 is 1.00 bits per heavy atom. The van der Waals surface area contributed by atoms with E-state index >= 15 is 0 Å². The highest BCUT2D eigenvalue weighted by molar-refractivity contribution is 4.88. The molecule has 0 N–H and O–H groups in total. The molecule has 0 heterocycles. The Morgan fingerprint density at radius 1 is 0.800 bits per heavy atom. The van der Waals surface area contributed by atoms with Crippen LogP contribution in [0.15, 0.2) is 37.5 Å². The molecule has 0 spiro atoms. The van der Waals surface area contributed by atoms with E-state index in [1.54, 1.807) is 12.2 Å². The maximum Gasteiger partial charge on any atom is -0.0470 e. The molecule has 0 nitrogen and oxygen atoms in total. The third-order valence-corrected chi connectivity index (χ3v) is 0.500. The summed E-state index contributed by atoms with van der Waals surface area (Å²) >= 11 is 0. The lowest BCUT2D eigenvalue weighted by atomic mass is 10.6. The molecule has 0 radical (unpaired) electrons. The molecule has 0 heteroatoms. The second-order valence-corrected chi connectivity index (χ2v) is 1.14. The Morgan fingerprint density at radius 2 is 1.00 bits per heavy atom. The van der Waals surface area contributed by atoms with Crippen LogP contribution in [0.5, 0.6) is 0 Å². The predicted molar refractivity (Wildman–Crippen MR) is 54.3 cm³/mol. The van der Waals surface area contributed by atoms with Crippen molar-refractivity contribution in [1.29, 1.82) is 0 Å². The smallest absolute Gasteiger partial charge is 0.0470 e. The van der Waals surface area contributed by atoms with E-state index in [9.17, 15) is 0 Å². The molecule has 0 atom stereocenters. The first-order valence-electron chi connectivity index (χ1n) is 2.64. The van der Waals surface area contributed by atoms with Crippen molar-refractivity contribution >= 4 is 0 Å². The molecule has 10 heavy (non-hydrogen) atoms. The zero-order chi connectivity index (χ0) is 6.83. The highest BCUT2D eigenvalue weighted by Crippen LogP contribution is 1.57. The summed E-state index contributed by atoms with van der Waals surface area (Å²) in [4.78, 5) is 0. The van der Waals surface area contributed by atoms with Crippen molar-refractivity contribution in [2.45, 2.75) is 28.7 Å². The van der Waals surface area contributed by atoms with Crippen LogP contribution >= 0.6 is 0 Å². The fourth-order valence-corrected chi connectivity index (χ4v) is 0. The Bertz CT molecular complexity index is 58.1. The number of rotatable bonds is 1. The zero-order valence-electron chi connectivity index (χ0n) is 5.72. The average molecular weight is 142 g/mol. The van der Waals surface area contributed by atoms with Crippen molar-refractivity contribution in [3.05, 3.63) is 37.5 Å². The minimum Gasteiger partial charge on any atom is -0.0991 e. The molecule has 0 rings (SSSR count). The Hall–Kier alpha value is -0.780. The van der Waals surface area contributed by atoms with E-state index < -0.39 is 0 Å². The topological polar surface area (TPSA) is 0 Å². The first-order valence-corrected chi connectivity index (χ1v) is 2.64. The summed E-state index contributed by atoms with van der Waals surface area (Å²) in [6.07, 6.45) is 7.28. The molecule has 0 saturated heterocycles. The molecule has 0 aromatic rings. The van der Waals surface area contributed by atoms with Gasteiger partial charge in [0.05, 0.1) is 0 Å². The summed E-state index contributed by atoms with van der Waals surface area (Å²) < 4.78 is 0. The summed E-state index contributed by atoms with van der Waals surface area (Å²) in [5, 5.41) is 0. The van der Waals surface area contributed by atoms with Gasteiger partial charge >= 0.3 is 0 Å². The van der Waals surface area contributed by atoms with E-state index in [1.807, 2.05) is 26.0 Å². The van der Waals surface area contributed by atoms with Crippen LogP contribution in [0.2, 0.25) is 0 Å². The van der Waals surface area contributed by atoms with Crippen LogP contribution < -0.4 is 0 Å². The van der Waals surface area contributed by atoms with Gasteiger partial charge in [-0.1, -0.05) is 52.3 Å². The summed E-state index contributed by atoms with van der Waals surface area (Å²) in [6, 6.07) is 0. The van der Waals surface area contributed by atoms with Gasteiger partial charge < -0.3 is 0 Å². The minimum absolute atomic E-state index is 0. The lowest BCUT2D eigenvalue weighted by Crippen LogP contribution is -1.26. The van der Waals surface area contributed by atoms with Gasteiger partial charge in [0.15, 0.2) is 0 Å². The van der Waals surface area contributed by atoms with E-state index in [0.717, 1.165) is 0 Å². The molecule has 0 aliphatic carbocycles. The molecular weight excluding hydrogens is 120 g/mol. The quantitative estimate of drug-likeness (QED) is 0.380. The largest absolute Gasteiger partial charge is 0.0991 e. The molecular formula is C10H22. The van der Waals surface area contributed by atoms with Gasteiger partial charge in [0.25, 0.3) is 0 Å².